The minimum absolute atomic E-state index is 0.0230. The molecular weight excluding hydrogens is 474 g/mol. The van der Waals surface area contributed by atoms with Gasteiger partial charge in [-0.25, -0.2) is 14.8 Å². The molecule has 0 spiro atoms. The van der Waals surface area contributed by atoms with Crippen LogP contribution in [0.3, 0.4) is 0 Å². The Balaban J connectivity index is 1.21. The van der Waals surface area contributed by atoms with E-state index in [4.69, 9.17) is 19.2 Å². The third kappa shape index (κ3) is 4.79. The molecule has 11 nitrogen and oxygen atoms in total. The van der Waals surface area contributed by atoms with Gasteiger partial charge in [0.1, 0.15) is 18.5 Å². The number of nitrogens with one attached hydrogen (secondary N) is 1. The summed E-state index contributed by atoms with van der Waals surface area (Å²) in [6.45, 7) is 8.00. The lowest BCUT2D eigenvalue weighted by molar-refractivity contribution is -0.141. The molecule has 3 aliphatic heterocycles. The first-order chi connectivity index (χ1) is 17.8. The van der Waals surface area contributed by atoms with E-state index in [1.807, 2.05) is 45.0 Å². The average molecular weight is 504 g/mol. The van der Waals surface area contributed by atoms with Crippen LogP contribution in [0, 0.1) is 6.92 Å². The first-order valence-corrected chi connectivity index (χ1v) is 12.4. The highest BCUT2D eigenvalue weighted by Gasteiger charge is 2.40. The molecule has 0 radical (unpaired) electrons. The van der Waals surface area contributed by atoms with Crippen molar-refractivity contribution in [3.8, 4) is 17.3 Å². The molecule has 37 heavy (non-hydrogen) atoms. The van der Waals surface area contributed by atoms with Crippen LogP contribution in [0.15, 0.2) is 42.7 Å². The smallest absolute Gasteiger partial charge is 0.329 e. The molecule has 2 saturated heterocycles. The highest BCUT2D eigenvalue weighted by atomic mass is 16.7. The number of anilines is 3. The van der Waals surface area contributed by atoms with Crippen LogP contribution < -0.4 is 19.9 Å². The van der Waals surface area contributed by atoms with Gasteiger partial charge in [0.25, 0.3) is 0 Å². The van der Waals surface area contributed by atoms with Crippen molar-refractivity contribution in [3.63, 3.8) is 0 Å². The summed E-state index contributed by atoms with van der Waals surface area (Å²) in [7, 11) is 0. The Morgan fingerprint density at radius 3 is 2.86 bits per heavy atom. The molecule has 3 aromatic rings. The Morgan fingerprint density at radius 2 is 2.05 bits per heavy atom. The number of pyridine rings is 2. The van der Waals surface area contributed by atoms with Crippen molar-refractivity contribution < 1.29 is 19.0 Å². The summed E-state index contributed by atoms with van der Waals surface area (Å²) < 4.78 is 17.0. The van der Waals surface area contributed by atoms with Gasteiger partial charge in [-0.2, -0.15) is 4.98 Å². The summed E-state index contributed by atoms with van der Waals surface area (Å²) in [5, 5.41) is 2.92. The Labute approximate surface area is 214 Å². The molecule has 0 aromatic carbocycles. The van der Waals surface area contributed by atoms with Gasteiger partial charge in [0, 0.05) is 36.7 Å². The van der Waals surface area contributed by atoms with E-state index in [1.165, 1.54) is 0 Å². The quantitative estimate of drug-likeness (QED) is 0.559. The number of urea groups is 1. The molecule has 2 fully saturated rings. The third-order valence-corrected chi connectivity index (χ3v) is 6.70. The lowest BCUT2D eigenvalue weighted by Gasteiger charge is -2.35. The molecule has 3 aliphatic rings. The van der Waals surface area contributed by atoms with E-state index < -0.39 is 5.79 Å². The number of carbonyl (C=O) groups is 1. The second kappa shape index (κ2) is 9.24. The van der Waals surface area contributed by atoms with E-state index in [-0.39, 0.29) is 30.8 Å². The lowest BCUT2D eigenvalue weighted by Crippen LogP contribution is -2.48. The predicted molar refractivity (Wildman–Crippen MR) is 137 cm³/mol. The van der Waals surface area contributed by atoms with Gasteiger partial charge >= 0.3 is 12.0 Å². The fourth-order valence-corrected chi connectivity index (χ4v) is 5.00. The predicted octanol–water partition coefficient (Wildman–Crippen LogP) is 3.40. The molecule has 0 saturated carbocycles. The Hall–Kier alpha value is -3.83. The van der Waals surface area contributed by atoms with Crippen LogP contribution in [-0.2, 0) is 9.47 Å². The second-order valence-corrected chi connectivity index (χ2v) is 9.90. The van der Waals surface area contributed by atoms with Crippen molar-refractivity contribution in [1.29, 1.82) is 0 Å². The van der Waals surface area contributed by atoms with Crippen LogP contribution in [0.2, 0.25) is 0 Å². The van der Waals surface area contributed by atoms with Gasteiger partial charge in [-0.1, -0.05) is 0 Å². The maximum Gasteiger partial charge on any atom is 0.329 e. The number of nitrogens with zero attached hydrogens (tertiary/aromatic N) is 6. The summed E-state index contributed by atoms with van der Waals surface area (Å²) in [4.78, 5) is 35.4. The minimum Gasteiger partial charge on any atom is -0.461 e. The first-order valence-electron chi connectivity index (χ1n) is 12.4. The number of ether oxygens (including phenoxy) is 3. The van der Waals surface area contributed by atoms with Gasteiger partial charge in [0.2, 0.25) is 0 Å². The summed E-state index contributed by atoms with van der Waals surface area (Å²) in [6.07, 6.45) is 3.98. The molecule has 0 aliphatic carbocycles. The van der Waals surface area contributed by atoms with Crippen molar-refractivity contribution in [2.45, 2.75) is 45.1 Å². The van der Waals surface area contributed by atoms with E-state index >= 15 is 0 Å². The van der Waals surface area contributed by atoms with Gasteiger partial charge in [-0.3, -0.25) is 15.2 Å². The van der Waals surface area contributed by atoms with Crippen LogP contribution in [0.5, 0.6) is 6.01 Å². The topological polar surface area (TPSA) is 115 Å². The van der Waals surface area contributed by atoms with Gasteiger partial charge in [0.15, 0.2) is 11.6 Å². The van der Waals surface area contributed by atoms with Crippen molar-refractivity contribution in [2.75, 3.05) is 41.4 Å². The molecule has 2 amide bonds. The molecule has 2 unspecified atom stereocenters. The van der Waals surface area contributed by atoms with E-state index in [0.29, 0.717) is 18.2 Å². The molecule has 2 bridgehead atoms. The third-order valence-electron chi connectivity index (χ3n) is 6.70. The molecule has 6 rings (SSSR count). The second-order valence-electron chi connectivity index (χ2n) is 9.90. The zero-order valence-electron chi connectivity index (χ0n) is 21.0. The molecule has 1 N–H and O–H groups in total. The number of fused-ring (bicyclic) bond motifs is 4. The van der Waals surface area contributed by atoms with Crippen LogP contribution in [0.1, 0.15) is 26.0 Å². The fraction of sp³-hybridized carbons (Fsp3) is 0.423. The van der Waals surface area contributed by atoms with E-state index in [9.17, 15) is 4.79 Å². The Kier molecular flexibility index (Phi) is 5.88. The standard InChI is InChI=1S/C26H29N7O4/c1-16-12-17(6-9-27-16)20-4-5-21-23(29-20)33(18-8-11-32(21)13-18)25(34)31-22-7-10-28-24(30-22)35-14-19-15-36-26(2,3)37-19/h4-7,9-10,12,18-19H,8,11,13-15H2,1-3H3,(H,28,30,31,34). The van der Waals surface area contributed by atoms with Crippen LogP contribution in [-0.4, -0.2) is 70.2 Å². The summed E-state index contributed by atoms with van der Waals surface area (Å²) in [5.74, 6) is 0.363. The van der Waals surface area contributed by atoms with Crippen LogP contribution >= 0.6 is 0 Å². The molecular formula is C26H29N7O4. The fourth-order valence-electron chi connectivity index (χ4n) is 5.00. The summed E-state index contributed by atoms with van der Waals surface area (Å²) in [6, 6.07) is 9.48. The SMILES string of the molecule is Cc1cc(-c2ccc3c(n2)N(C(=O)Nc2ccnc(OCC4COC(C)(C)O4)n2)C2CCN3C2)ccn1. The zero-order valence-corrected chi connectivity index (χ0v) is 21.0. The van der Waals surface area contributed by atoms with Crippen molar-refractivity contribution in [1.82, 2.24) is 19.9 Å². The van der Waals surface area contributed by atoms with E-state index in [1.54, 1.807) is 23.4 Å². The van der Waals surface area contributed by atoms with Crippen molar-refractivity contribution in [3.05, 3.63) is 48.4 Å². The summed E-state index contributed by atoms with van der Waals surface area (Å²) >= 11 is 0. The normalized spacial score (nSPS) is 21.6. The van der Waals surface area contributed by atoms with Crippen molar-refractivity contribution in [2.24, 2.45) is 0 Å². The minimum atomic E-state index is -0.630. The Bertz CT molecular complexity index is 1330. The molecule has 6 heterocycles. The van der Waals surface area contributed by atoms with Gasteiger partial charge < -0.3 is 19.1 Å². The highest BCUT2D eigenvalue weighted by molar-refractivity contribution is 6.04. The number of hydrogen-bond acceptors (Lipinski definition) is 9. The van der Waals surface area contributed by atoms with Gasteiger partial charge in [0.05, 0.1) is 24.0 Å². The number of hydrogen-bond donors (Lipinski definition) is 1. The lowest BCUT2D eigenvalue weighted by atomic mass is 10.1. The van der Waals surface area contributed by atoms with Crippen LogP contribution in [0.25, 0.3) is 11.3 Å². The van der Waals surface area contributed by atoms with Gasteiger partial charge in [-0.15, -0.1) is 0 Å². The number of aromatic nitrogens is 4. The average Bonchev–Trinajstić information content (AvgIpc) is 3.46. The van der Waals surface area contributed by atoms with Gasteiger partial charge in [-0.05, 0) is 57.5 Å². The first kappa shape index (κ1) is 23.6. The zero-order chi connectivity index (χ0) is 25.6. The Morgan fingerprint density at radius 1 is 1.19 bits per heavy atom. The number of carbonyl (C=O) groups excluding carboxylic acids is 1. The highest BCUT2D eigenvalue weighted by Crippen LogP contribution is 2.40. The van der Waals surface area contributed by atoms with E-state index in [2.05, 4.69) is 25.2 Å². The molecule has 11 heteroatoms. The maximum absolute atomic E-state index is 13.6. The molecule has 3 aromatic heterocycles. The molecule has 2 atom stereocenters. The van der Waals surface area contributed by atoms with Crippen molar-refractivity contribution >= 4 is 23.4 Å². The maximum atomic E-state index is 13.6. The number of amides is 2. The number of aryl methyl sites for hydroxylation is 1. The molecule has 192 valence electrons. The number of rotatable bonds is 5. The van der Waals surface area contributed by atoms with E-state index in [0.717, 1.165) is 42.1 Å². The largest absolute Gasteiger partial charge is 0.461 e. The summed E-state index contributed by atoms with van der Waals surface area (Å²) in [5.41, 5.74) is 3.62. The van der Waals surface area contributed by atoms with Crippen LogP contribution in [0.4, 0.5) is 22.1 Å². The monoisotopic (exact) mass is 503 g/mol.